The number of carbonyl (C=O) groups excluding carboxylic acids is 3. The van der Waals surface area contributed by atoms with Crippen LogP contribution in [0.3, 0.4) is 0 Å². The van der Waals surface area contributed by atoms with Crippen molar-refractivity contribution in [2.45, 2.75) is 12.8 Å². The molecule has 0 aliphatic carbocycles. The van der Waals surface area contributed by atoms with Crippen molar-refractivity contribution < 1.29 is 18.8 Å². The highest BCUT2D eigenvalue weighted by Gasteiger charge is 2.27. The molecule has 8 heteroatoms. The Labute approximate surface area is 172 Å². The smallest absolute Gasteiger partial charge is 0.257 e. The Morgan fingerprint density at radius 3 is 2.34 bits per heavy atom. The molecule has 0 spiro atoms. The van der Waals surface area contributed by atoms with Crippen LogP contribution in [0, 0.1) is 5.82 Å². The minimum absolute atomic E-state index is 0.0199. The third kappa shape index (κ3) is 3.96. The molecule has 2 aliphatic heterocycles. The van der Waals surface area contributed by atoms with Gasteiger partial charge in [-0.3, -0.25) is 14.4 Å². The summed E-state index contributed by atoms with van der Waals surface area (Å²) in [4.78, 5) is 40.1. The number of anilines is 1. The van der Waals surface area contributed by atoms with Crippen molar-refractivity contribution in [1.29, 1.82) is 0 Å². The van der Waals surface area contributed by atoms with Crippen LogP contribution >= 0.6 is 11.6 Å². The van der Waals surface area contributed by atoms with E-state index >= 15 is 0 Å². The maximum Gasteiger partial charge on any atom is 0.257 e. The summed E-state index contributed by atoms with van der Waals surface area (Å²) in [6.07, 6.45) is 1.02. The van der Waals surface area contributed by atoms with E-state index < -0.39 is 11.7 Å². The predicted molar refractivity (Wildman–Crippen MR) is 107 cm³/mol. The van der Waals surface area contributed by atoms with Crippen molar-refractivity contribution in [3.8, 4) is 0 Å². The van der Waals surface area contributed by atoms with Crippen LogP contribution in [-0.2, 0) is 11.2 Å². The van der Waals surface area contributed by atoms with Gasteiger partial charge >= 0.3 is 0 Å². The second kappa shape index (κ2) is 7.83. The molecular weight excluding hydrogens is 397 g/mol. The van der Waals surface area contributed by atoms with E-state index in [2.05, 4.69) is 5.32 Å². The summed E-state index contributed by atoms with van der Waals surface area (Å²) < 4.78 is 14.0. The second-order valence-electron chi connectivity index (χ2n) is 7.13. The van der Waals surface area contributed by atoms with E-state index in [1.165, 1.54) is 23.1 Å². The number of fused-ring (bicyclic) bond motifs is 1. The minimum atomic E-state index is -0.612. The quantitative estimate of drug-likeness (QED) is 0.819. The topological polar surface area (TPSA) is 69.7 Å². The highest BCUT2D eigenvalue weighted by molar-refractivity contribution is 6.31. The molecule has 1 fully saturated rings. The monoisotopic (exact) mass is 415 g/mol. The summed E-state index contributed by atoms with van der Waals surface area (Å²) in [5.41, 5.74) is 2.19. The highest BCUT2D eigenvalue weighted by Crippen LogP contribution is 2.24. The van der Waals surface area contributed by atoms with E-state index in [1.807, 2.05) is 6.07 Å². The zero-order valence-electron chi connectivity index (χ0n) is 15.6. The molecule has 0 saturated carbocycles. The van der Waals surface area contributed by atoms with Gasteiger partial charge in [-0.2, -0.15) is 0 Å². The van der Waals surface area contributed by atoms with Crippen LogP contribution in [0.2, 0.25) is 5.02 Å². The van der Waals surface area contributed by atoms with Crippen LogP contribution in [0.25, 0.3) is 0 Å². The Balaban J connectivity index is 1.42. The molecule has 4 rings (SSSR count). The highest BCUT2D eigenvalue weighted by atomic mass is 35.5. The first-order valence-electron chi connectivity index (χ1n) is 9.39. The summed E-state index contributed by atoms with van der Waals surface area (Å²) in [5, 5.41) is 3.10. The first-order valence-corrected chi connectivity index (χ1v) is 9.76. The van der Waals surface area contributed by atoms with Crippen LogP contribution in [0.1, 0.15) is 32.7 Å². The second-order valence-corrected chi connectivity index (χ2v) is 7.57. The fourth-order valence-corrected chi connectivity index (χ4v) is 3.82. The van der Waals surface area contributed by atoms with E-state index in [-0.39, 0.29) is 17.4 Å². The fourth-order valence-electron chi connectivity index (χ4n) is 3.64. The van der Waals surface area contributed by atoms with Gasteiger partial charge in [0.05, 0.1) is 5.56 Å². The van der Waals surface area contributed by atoms with Crippen molar-refractivity contribution in [2.24, 2.45) is 0 Å². The lowest BCUT2D eigenvalue weighted by Crippen LogP contribution is -2.50. The van der Waals surface area contributed by atoms with Gasteiger partial charge in [0.25, 0.3) is 11.8 Å². The van der Waals surface area contributed by atoms with Crippen molar-refractivity contribution in [2.75, 3.05) is 31.5 Å². The summed E-state index contributed by atoms with van der Waals surface area (Å²) in [7, 11) is 0. The number of piperazine rings is 1. The standard InChI is InChI=1S/C21H19ClFN3O3/c22-15-3-4-17(23)16(12-15)21(29)26-9-7-25(8-10-26)20(28)14-1-5-18-13(11-14)2-6-19(27)24-18/h1,3-5,11-12H,2,6-10H2,(H,24,27). The molecule has 0 unspecified atom stereocenters. The molecule has 0 radical (unpaired) electrons. The van der Waals surface area contributed by atoms with Gasteiger partial charge in [0, 0.05) is 48.9 Å². The first kappa shape index (κ1) is 19.4. The largest absolute Gasteiger partial charge is 0.335 e. The van der Waals surface area contributed by atoms with Crippen LogP contribution in [0.5, 0.6) is 0 Å². The van der Waals surface area contributed by atoms with Gasteiger partial charge in [0.2, 0.25) is 5.91 Å². The minimum Gasteiger partial charge on any atom is -0.335 e. The summed E-state index contributed by atoms with van der Waals surface area (Å²) in [6.45, 7) is 1.36. The molecule has 2 aromatic carbocycles. The van der Waals surface area contributed by atoms with Crippen LogP contribution in [-0.4, -0.2) is 53.7 Å². The molecule has 0 aromatic heterocycles. The van der Waals surface area contributed by atoms with E-state index in [0.29, 0.717) is 49.6 Å². The Kier molecular flexibility index (Phi) is 5.24. The number of rotatable bonds is 2. The molecule has 1 saturated heterocycles. The maximum absolute atomic E-state index is 14.0. The fraction of sp³-hybridized carbons (Fsp3) is 0.286. The number of benzene rings is 2. The molecule has 1 N–H and O–H groups in total. The molecule has 6 nitrogen and oxygen atoms in total. The van der Waals surface area contributed by atoms with Crippen LogP contribution in [0.15, 0.2) is 36.4 Å². The number of carbonyl (C=O) groups is 3. The first-order chi connectivity index (χ1) is 13.9. The van der Waals surface area contributed by atoms with Crippen molar-refractivity contribution in [1.82, 2.24) is 9.80 Å². The average Bonchev–Trinajstić information content (AvgIpc) is 2.74. The number of halogens is 2. The summed E-state index contributed by atoms with van der Waals surface area (Å²) >= 11 is 5.88. The zero-order chi connectivity index (χ0) is 20.5. The number of hydrogen-bond donors (Lipinski definition) is 1. The molecule has 0 atom stereocenters. The number of amides is 3. The summed E-state index contributed by atoms with van der Waals surface area (Å²) in [6, 6.07) is 9.16. The van der Waals surface area contributed by atoms with E-state index in [4.69, 9.17) is 11.6 Å². The summed E-state index contributed by atoms with van der Waals surface area (Å²) in [5.74, 6) is -1.18. The van der Waals surface area contributed by atoms with Gasteiger partial charge in [-0.15, -0.1) is 0 Å². The zero-order valence-corrected chi connectivity index (χ0v) is 16.3. The molecular formula is C21H19ClFN3O3. The average molecular weight is 416 g/mol. The SMILES string of the molecule is O=C1CCc2cc(C(=O)N3CCN(C(=O)c4cc(Cl)ccc4F)CC3)ccc2N1. The predicted octanol–water partition coefficient (Wildman–Crippen LogP) is 2.96. The molecule has 2 heterocycles. The van der Waals surface area contributed by atoms with Gasteiger partial charge in [0.15, 0.2) is 0 Å². The van der Waals surface area contributed by atoms with Gasteiger partial charge in [0.1, 0.15) is 5.82 Å². The van der Waals surface area contributed by atoms with Crippen molar-refractivity contribution >= 4 is 35.0 Å². The van der Waals surface area contributed by atoms with E-state index in [0.717, 1.165) is 11.3 Å². The Bertz CT molecular complexity index is 1000. The molecule has 3 amide bonds. The molecule has 0 bridgehead atoms. The normalized spacial score (nSPS) is 16.3. The van der Waals surface area contributed by atoms with E-state index in [1.54, 1.807) is 17.0 Å². The molecule has 2 aromatic rings. The number of aryl methyl sites for hydroxylation is 1. The van der Waals surface area contributed by atoms with Gasteiger partial charge in [-0.1, -0.05) is 11.6 Å². The lowest BCUT2D eigenvalue weighted by atomic mass is 10.00. The lowest BCUT2D eigenvalue weighted by Gasteiger charge is -2.35. The Morgan fingerprint density at radius 2 is 1.62 bits per heavy atom. The van der Waals surface area contributed by atoms with Crippen LogP contribution < -0.4 is 5.32 Å². The molecule has 29 heavy (non-hydrogen) atoms. The molecule has 2 aliphatic rings. The van der Waals surface area contributed by atoms with Crippen molar-refractivity contribution in [3.63, 3.8) is 0 Å². The number of hydrogen-bond acceptors (Lipinski definition) is 3. The van der Waals surface area contributed by atoms with Gasteiger partial charge in [-0.25, -0.2) is 4.39 Å². The third-order valence-electron chi connectivity index (χ3n) is 5.26. The Morgan fingerprint density at radius 1 is 0.931 bits per heavy atom. The van der Waals surface area contributed by atoms with Gasteiger partial charge < -0.3 is 15.1 Å². The Hall–Kier alpha value is -2.93. The van der Waals surface area contributed by atoms with Crippen molar-refractivity contribution in [3.05, 3.63) is 63.9 Å². The van der Waals surface area contributed by atoms with Crippen LogP contribution in [0.4, 0.5) is 10.1 Å². The van der Waals surface area contributed by atoms with Gasteiger partial charge in [-0.05, 0) is 48.4 Å². The lowest BCUT2D eigenvalue weighted by molar-refractivity contribution is -0.116. The maximum atomic E-state index is 14.0. The number of nitrogens with one attached hydrogen (secondary N) is 1. The van der Waals surface area contributed by atoms with E-state index in [9.17, 15) is 18.8 Å². The molecule has 150 valence electrons. The number of nitrogens with zero attached hydrogens (tertiary/aromatic N) is 2. The third-order valence-corrected chi connectivity index (χ3v) is 5.50.